The first kappa shape index (κ1) is 26.6. The summed E-state index contributed by atoms with van der Waals surface area (Å²) in [6.07, 6.45) is 1.40. The monoisotopic (exact) mass is 511 g/mol. The van der Waals surface area contributed by atoms with Gasteiger partial charge in [0.1, 0.15) is 6.54 Å². The lowest BCUT2D eigenvalue weighted by Gasteiger charge is -2.24. The molecule has 3 aromatic carbocycles. The third-order valence-electron chi connectivity index (χ3n) is 5.28. The van der Waals surface area contributed by atoms with Gasteiger partial charge in [-0.05, 0) is 55.8 Å². The van der Waals surface area contributed by atoms with Gasteiger partial charge in [0, 0.05) is 5.56 Å². The third-order valence-corrected chi connectivity index (χ3v) is 7.06. The SMILES string of the molecule is COc1cc(/C=N\NC(=O)CN(c2cccc(C)c2)S(=O)(=O)c2ccc(C)cc2)cc(OC)c1OC. The van der Waals surface area contributed by atoms with Gasteiger partial charge in [0.2, 0.25) is 5.75 Å². The molecule has 0 aliphatic carbocycles. The van der Waals surface area contributed by atoms with Gasteiger partial charge in [-0.15, -0.1) is 0 Å². The van der Waals surface area contributed by atoms with Crippen LogP contribution in [0.3, 0.4) is 0 Å². The first-order valence-corrected chi connectivity index (χ1v) is 12.4. The summed E-state index contributed by atoms with van der Waals surface area (Å²) in [6.45, 7) is 3.25. The second-order valence-electron chi connectivity index (χ2n) is 7.92. The van der Waals surface area contributed by atoms with E-state index in [2.05, 4.69) is 10.5 Å². The molecule has 3 rings (SSSR count). The summed E-state index contributed by atoms with van der Waals surface area (Å²) in [4.78, 5) is 12.9. The number of hydrogen-bond donors (Lipinski definition) is 1. The van der Waals surface area contributed by atoms with Crippen molar-refractivity contribution in [3.05, 3.63) is 77.4 Å². The van der Waals surface area contributed by atoms with Crippen LogP contribution in [0, 0.1) is 13.8 Å². The fourth-order valence-corrected chi connectivity index (χ4v) is 4.87. The lowest BCUT2D eigenvalue weighted by Crippen LogP contribution is -2.39. The number of anilines is 1. The van der Waals surface area contributed by atoms with Crippen molar-refractivity contribution in [3.8, 4) is 17.2 Å². The van der Waals surface area contributed by atoms with Gasteiger partial charge in [-0.3, -0.25) is 9.10 Å². The molecular formula is C26H29N3O6S. The molecule has 0 saturated heterocycles. The maximum absolute atomic E-state index is 13.5. The number of carbonyl (C=O) groups excluding carboxylic acids is 1. The Morgan fingerprint density at radius 3 is 2.11 bits per heavy atom. The van der Waals surface area contributed by atoms with Gasteiger partial charge >= 0.3 is 0 Å². The highest BCUT2D eigenvalue weighted by Gasteiger charge is 2.27. The summed E-state index contributed by atoms with van der Waals surface area (Å²) in [7, 11) is 0.476. The van der Waals surface area contributed by atoms with Crippen LogP contribution in [0.1, 0.15) is 16.7 Å². The second kappa shape index (κ2) is 11.6. The van der Waals surface area contributed by atoms with Crippen molar-refractivity contribution in [2.24, 2.45) is 5.10 Å². The van der Waals surface area contributed by atoms with Gasteiger partial charge in [0.15, 0.2) is 11.5 Å². The zero-order valence-electron chi connectivity index (χ0n) is 20.8. The number of aryl methyl sites for hydroxylation is 2. The van der Waals surface area contributed by atoms with Crippen LogP contribution >= 0.6 is 0 Å². The molecule has 190 valence electrons. The van der Waals surface area contributed by atoms with Crippen molar-refractivity contribution in [1.29, 1.82) is 0 Å². The zero-order valence-corrected chi connectivity index (χ0v) is 21.6. The summed E-state index contributed by atoms with van der Waals surface area (Å²) < 4.78 is 43.9. The fourth-order valence-electron chi connectivity index (χ4n) is 3.46. The molecular weight excluding hydrogens is 482 g/mol. The van der Waals surface area contributed by atoms with Crippen molar-refractivity contribution in [3.63, 3.8) is 0 Å². The maximum Gasteiger partial charge on any atom is 0.264 e. The predicted octanol–water partition coefficient (Wildman–Crippen LogP) is 3.67. The van der Waals surface area contributed by atoms with Gasteiger partial charge in [-0.2, -0.15) is 5.10 Å². The Kier molecular flexibility index (Phi) is 8.55. The molecule has 0 aromatic heterocycles. The van der Waals surface area contributed by atoms with Gasteiger partial charge in [0.25, 0.3) is 15.9 Å². The molecule has 0 fully saturated rings. The first-order valence-electron chi connectivity index (χ1n) is 11.0. The summed E-state index contributed by atoms with van der Waals surface area (Å²) in [5.74, 6) is 0.672. The minimum Gasteiger partial charge on any atom is -0.493 e. The number of carbonyl (C=O) groups is 1. The highest BCUT2D eigenvalue weighted by Crippen LogP contribution is 2.37. The van der Waals surface area contributed by atoms with E-state index in [0.717, 1.165) is 15.4 Å². The number of nitrogens with zero attached hydrogens (tertiary/aromatic N) is 2. The molecule has 36 heavy (non-hydrogen) atoms. The van der Waals surface area contributed by atoms with Gasteiger partial charge in [-0.1, -0.05) is 29.8 Å². The molecule has 10 heteroatoms. The van der Waals surface area contributed by atoms with Gasteiger partial charge in [-0.25, -0.2) is 13.8 Å². The van der Waals surface area contributed by atoms with E-state index in [4.69, 9.17) is 14.2 Å². The quantitative estimate of drug-likeness (QED) is 0.329. The number of ether oxygens (including phenoxy) is 3. The van der Waals surface area contributed by atoms with Crippen LogP contribution in [0.4, 0.5) is 5.69 Å². The minimum atomic E-state index is -4.01. The molecule has 0 heterocycles. The Hall–Kier alpha value is -4.05. The Morgan fingerprint density at radius 2 is 1.56 bits per heavy atom. The number of hydrogen-bond acceptors (Lipinski definition) is 7. The van der Waals surface area contributed by atoms with Crippen molar-refractivity contribution >= 4 is 27.8 Å². The van der Waals surface area contributed by atoms with Crippen LogP contribution < -0.4 is 23.9 Å². The summed E-state index contributed by atoms with van der Waals surface area (Å²) in [5.41, 5.74) is 5.13. The molecule has 1 N–H and O–H groups in total. The number of amides is 1. The minimum absolute atomic E-state index is 0.0864. The lowest BCUT2D eigenvalue weighted by molar-refractivity contribution is -0.119. The maximum atomic E-state index is 13.5. The average molecular weight is 512 g/mol. The molecule has 0 atom stereocenters. The fraction of sp³-hybridized carbons (Fsp3) is 0.231. The topological polar surface area (TPSA) is 107 Å². The van der Waals surface area contributed by atoms with E-state index in [1.54, 1.807) is 42.5 Å². The van der Waals surface area contributed by atoms with Crippen molar-refractivity contribution in [1.82, 2.24) is 5.43 Å². The molecule has 0 saturated carbocycles. The van der Waals surface area contributed by atoms with E-state index in [0.29, 0.717) is 28.5 Å². The summed E-state index contributed by atoms with van der Waals surface area (Å²) in [5, 5.41) is 3.98. The van der Waals surface area contributed by atoms with Crippen LogP contribution in [-0.4, -0.2) is 48.4 Å². The molecule has 0 aliphatic heterocycles. The van der Waals surface area contributed by atoms with Crippen molar-refractivity contribution < 1.29 is 27.4 Å². The van der Waals surface area contributed by atoms with Crippen molar-refractivity contribution in [2.75, 3.05) is 32.2 Å². The Labute approximate surface area is 211 Å². The summed E-state index contributed by atoms with van der Waals surface area (Å²) >= 11 is 0. The van der Waals surface area contributed by atoms with E-state index < -0.39 is 22.5 Å². The predicted molar refractivity (Wildman–Crippen MR) is 139 cm³/mol. The van der Waals surface area contributed by atoms with E-state index in [1.807, 2.05) is 19.9 Å². The van der Waals surface area contributed by atoms with Crippen molar-refractivity contribution in [2.45, 2.75) is 18.7 Å². The molecule has 0 aliphatic rings. The van der Waals surface area contributed by atoms with Gasteiger partial charge in [0.05, 0.1) is 38.1 Å². The van der Waals surface area contributed by atoms with Crippen LogP contribution in [0.5, 0.6) is 17.2 Å². The van der Waals surface area contributed by atoms with Crippen LogP contribution in [0.15, 0.2) is 70.7 Å². The standard InChI is InChI=1S/C26H29N3O6S/c1-18-9-11-22(12-10-18)36(31,32)29(21-8-6-7-19(2)13-21)17-25(30)28-27-16-20-14-23(33-3)26(35-5)24(15-20)34-4/h6-16H,17H2,1-5H3,(H,28,30)/b27-16-. The molecule has 0 unspecified atom stereocenters. The number of benzene rings is 3. The normalized spacial score (nSPS) is 11.2. The third kappa shape index (κ3) is 6.14. The summed E-state index contributed by atoms with van der Waals surface area (Å²) in [6, 6.07) is 16.7. The first-order chi connectivity index (χ1) is 17.2. The second-order valence-corrected chi connectivity index (χ2v) is 9.78. The molecule has 0 radical (unpaired) electrons. The van der Waals surface area contributed by atoms with Crippen LogP contribution in [0.25, 0.3) is 0 Å². The largest absolute Gasteiger partial charge is 0.493 e. The number of rotatable bonds is 10. The zero-order chi connectivity index (χ0) is 26.3. The van der Waals surface area contributed by atoms with E-state index in [-0.39, 0.29) is 4.90 Å². The molecule has 0 spiro atoms. The molecule has 1 amide bonds. The van der Waals surface area contributed by atoms with Gasteiger partial charge < -0.3 is 14.2 Å². The van der Waals surface area contributed by atoms with E-state index >= 15 is 0 Å². The highest BCUT2D eigenvalue weighted by molar-refractivity contribution is 7.92. The molecule has 3 aromatic rings. The number of methoxy groups -OCH3 is 3. The van der Waals surface area contributed by atoms with E-state index in [9.17, 15) is 13.2 Å². The lowest BCUT2D eigenvalue weighted by atomic mass is 10.2. The Morgan fingerprint density at radius 1 is 0.917 bits per heavy atom. The van der Waals surface area contributed by atoms with Crippen LogP contribution in [0.2, 0.25) is 0 Å². The van der Waals surface area contributed by atoms with E-state index in [1.165, 1.54) is 39.7 Å². The molecule has 0 bridgehead atoms. The number of nitrogens with one attached hydrogen (secondary N) is 1. The molecule has 9 nitrogen and oxygen atoms in total. The number of hydrazone groups is 1. The number of sulfonamides is 1. The highest BCUT2D eigenvalue weighted by atomic mass is 32.2. The van der Waals surface area contributed by atoms with Crippen LogP contribution in [-0.2, 0) is 14.8 Å². The Bertz CT molecular complexity index is 1330. The average Bonchev–Trinajstić information content (AvgIpc) is 2.86. The Balaban J connectivity index is 1.84. The smallest absolute Gasteiger partial charge is 0.264 e.